The number of carboxylic acid groups (broad SMARTS) is 1. The minimum atomic E-state index is -1.11. The van der Waals surface area contributed by atoms with Gasteiger partial charge in [0.05, 0.1) is 12.5 Å². The monoisotopic (exact) mass is 214 g/mol. The molecule has 1 N–H and O–H groups in total. The van der Waals surface area contributed by atoms with E-state index >= 15 is 0 Å². The number of aliphatic carboxylic acids is 1. The fraction of sp³-hybridized carbons (Fsp3) is 0.667. The van der Waals surface area contributed by atoms with Crippen molar-refractivity contribution in [2.24, 2.45) is 0 Å². The predicted molar refractivity (Wildman–Crippen MR) is 50.9 cm³/mol. The molecule has 0 aliphatic heterocycles. The molecule has 6 heteroatoms. The van der Waals surface area contributed by atoms with Crippen molar-refractivity contribution in [3.05, 3.63) is 0 Å². The van der Waals surface area contributed by atoms with Crippen LogP contribution in [0, 0.1) is 11.3 Å². The normalized spacial score (nSPS) is 11.5. The van der Waals surface area contributed by atoms with E-state index in [-0.39, 0.29) is 18.9 Å². The Hall–Kier alpha value is -1.61. The van der Waals surface area contributed by atoms with Crippen molar-refractivity contribution in [1.82, 2.24) is 4.90 Å². The Labute approximate surface area is 88.0 Å². The predicted octanol–water partition coefficient (Wildman–Crippen LogP) is -0.152. The van der Waals surface area contributed by atoms with Crippen LogP contribution in [0.1, 0.15) is 13.3 Å². The molecular weight excluding hydrogens is 200 g/mol. The highest BCUT2D eigenvalue weighted by atomic mass is 16.5. The number of hydrogen-bond donors (Lipinski definition) is 1. The second kappa shape index (κ2) is 6.79. The average molecular weight is 214 g/mol. The first-order chi connectivity index (χ1) is 6.99. The lowest BCUT2D eigenvalue weighted by Gasteiger charge is -2.16. The lowest BCUT2D eigenvalue weighted by atomic mass is 10.4. The van der Waals surface area contributed by atoms with Crippen molar-refractivity contribution in [2.75, 3.05) is 20.2 Å². The molecular formula is C9H14N2O4. The van der Waals surface area contributed by atoms with Crippen LogP contribution in [0.5, 0.6) is 0 Å². The van der Waals surface area contributed by atoms with Crippen molar-refractivity contribution in [2.45, 2.75) is 19.4 Å². The van der Waals surface area contributed by atoms with Crippen LogP contribution in [0.15, 0.2) is 0 Å². The van der Waals surface area contributed by atoms with Crippen LogP contribution in [0.3, 0.4) is 0 Å². The molecule has 15 heavy (non-hydrogen) atoms. The van der Waals surface area contributed by atoms with Gasteiger partial charge in [-0.1, -0.05) is 0 Å². The highest BCUT2D eigenvalue weighted by Crippen LogP contribution is 1.94. The summed E-state index contributed by atoms with van der Waals surface area (Å²) >= 11 is 0. The molecule has 0 saturated carbocycles. The van der Waals surface area contributed by atoms with Gasteiger partial charge in [0.2, 0.25) is 5.91 Å². The average Bonchev–Trinajstić information content (AvgIpc) is 2.21. The molecule has 0 aromatic rings. The van der Waals surface area contributed by atoms with Crippen molar-refractivity contribution < 1.29 is 19.4 Å². The topological polar surface area (TPSA) is 90.6 Å². The third kappa shape index (κ3) is 5.65. The molecule has 0 aliphatic rings. The number of carboxylic acids is 1. The molecule has 0 bridgehead atoms. The second-order valence-corrected chi connectivity index (χ2v) is 3.01. The minimum absolute atomic E-state index is 0.247. The first kappa shape index (κ1) is 13.4. The van der Waals surface area contributed by atoms with Gasteiger partial charge in [-0.25, -0.2) is 4.79 Å². The molecule has 0 saturated heterocycles. The largest absolute Gasteiger partial charge is 0.479 e. The van der Waals surface area contributed by atoms with Gasteiger partial charge in [-0.2, -0.15) is 5.26 Å². The number of likely N-dealkylation sites (N-methyl/N-ethyl adjacent to an activating group) is 1. The number of ether oxygens (including phenoxy) is 1. The van der Waals surface area contributed by atoms with E-state index in [2.05, 4.69) is 0 Å². The van der Waals surface area contributed by atoms with Gasteiger partial charge in [0.1, 0.15) is 6.61 Å². The number of nitrogens with zero attached hydrogens (tertiary/aromatic N) is 2. The lowest BCUT2D eigenvalue weighted by Crippen LogP contribution is -2.33. The summed E-state index contributed by atoms with van der Waals surface area (Å²) in [7, 11) is 1.54. The third-order valence-electron chi connectivity index (χ3n) is 1.79. The maximum atomic E-state index is 11.3. The van der Waals surface area contributed by atoms with Gasteiger partial charge in [0.15, 0.2) is 6.10 Å². The SMILES string of the molecule is C[C@H](OCC(=O)N(C)CCC#N)C(=O)O. The lowest BCUT2D eigenvalue weighted by molar-refractivity contribution is -0.152. The highest BCUT2D eigenvalue weighted by Gasteiger charge is 2.15. The molecule has 0 rings (SSSR count). The van der Waals surface area contributed by atoms with E-state index < -0.39 is 12.1 Å². The van der Waals surface area contributed by atoms with Gasteiger partial charge < -0.3 is 14.7 Å². The number of nitriles is 1. The standard InChI is InChI=1S/C9H14N2O4/c1-7(9(13)14)15-6-8(12)11(2)5-3-4-10/h7H,3,5-6H2,1-2H3,(H,13,14)/t7-/m0/s1. The third-order valence-corrected chi connectivity index (χ3v) is 1.79. The molecule has 84 valence electrons. The Balaban J connectivity index is 3.83. The summed E-state index contributed by atoms with van der Waals surface area (Å²) in [6, 6.07) is 1.91. The number of carbonyl (C=O) groups excluding carboxylic acids is 1. The molecule has 0 radical (unpaired) electrons. The maximum Gasteiger partial charge on any atom is 0.332 e. The van der Waals surface area contributed by atoms with Crippen molar-refractivity contribution in [1.29, 1.82) is 5.26 Å². The summed E-state index contributed by atoms with van der Waals surface area (Å²) < 4.78 is 4.79. The fourth-order valence-corrected chi connectivity index (χ4v) is 0.720. The van der Waals surface area contributed by atoms with E-state index in [1.54, 1.807) is 0 Å². The van der Waals surface area contributed by atoms with Crippen LogP contribution in [0.25, 0.3) is 0 Å². The quantitative estimate of drug-likeness (QED) is 0.663. The molecule has 0 fully saturated rings. The minimum Gasteiger partial charge on any atom is -0.479 e. The van der Waals surface area contributed by atoms with Crippen LogP contribution in [-0.2, 0) is 14.3 Å². The number of carbonyl (C=O) groups is 2. The first-order valence-electron chi connectivity index (χ1n) is 4.44. The Bertz CT molecular complexity index is 272. The van der Waals surface area contributed by atoms with E-state index in [0.717, 1.165) is 0 Å². The van der Waals surface area contributed by atoms with E-state index in [9.17, 15) is 9.59 Å². The second-order valence-electron chi connectivity index (χ2n) is 3.01. The molecule has 1 amide bonds. The molecule has 0 spiro atoms. The van der Waals surface area contributed by atoms with Crippen LogP contribution < -0.4 is 0 Å². The van der Waals surface area contributed by atoms with Gasteiger partial charge in [0, 0.05) is 13.6 Å². The van der Waals surface area contributed by atoms with Crippen LogP contribution >= 0.6 is 0 Å². The Kier molecular flexibility index (Phi) is 6.06. The molecule has 0 aromatic carbocycles. The molecule has 0 unspecified atom stereocenters. The van der Waals surface area contributed by atoms with Gasteiger partial charge in [-0.05, 0) is 6.92 Å². The molecule has 1 atom stereocenters. The van der Waals surface area contributed by atoms with E-state index in [1.165, 1.54) is 18.9 Å². The van der Waals surface area contributed by atoms with Crippen molar-refractivity contribution in [3.8, 4) is 6.07 Å². The zero-order valence-corrected chi connectivity index (χ0v) is 8.77. The summed E-state index contributed by atoms with van der Waals surface area (Å²) in [6.45, 7) is 1.39. The summed E-state index contributed by atoms with van der Waals surface area (Å²) in [5, 5.41) is 16.8. The van der Waals surface area contributed by atoms with Crippen molar-refractivity contribution >= 4 is 11.9 Å². The van der Waals surface area contributed by atoms with Crippen LogP contribution in [-0.4, -0.2) is 48.2 Å². The van der Waals surface area contributed by atoms with Crippen LogP contribution in [0.4, 0.5) is 0 Å². The van der Waals surface area contributed by atoms with Gasteiger partial charge >= 0.3 is 5.97 Å². The fourth-order valence-electron chi connectivity index (χ4n) is 0.720. The zero-order valence-electron chi connectivity index (χ0n) is 8.77. The van der Waals surface area contributed by atoms with Crippen molar-refractivity contribution in [3.63, 3.8) is 0 Å². The van der Waals surface area contributed by atoms with Gasteiger partial charge in [0.25, 0.3) is 0 Å². The maximum absolute atomic E-state index is 11.3. The first-order valence-corrected chi connectivity index (χ1v) is 4.44. The molecule has 6 nitrogen and oxygen atoms in total. The Morgan fingerprint density at radius 1 is 1.60 bits per heavy atom. The summed E-state index contributed by atoms with van der Waals surface area (Å²) in [5.41, 5.74) is 0. The Morgan fingerprint density at radius 2 is 2.20 bits per heavy atom. The smallest absolute Gasteiger partial charge is 0.332 e. The van der Waals surface area contributed by atoms with E-state index in [0.29, 0.717) is 6.54 Å². The Morgan fingerprint density at radius 3 is 2.67 bits per heavy atom. The van der Waals surface area contributed by atoms with Gasteiger partial charge in [-0.3, -0.25) is 4.79 Å². The van der Waals surface area contributed by atoms with Gasteiger partial charge in [-0.15, -0.1) is 0 Å². The van der Waals surface area contributed by atoms with E-state index in [1.807, 2.05) is 6.07 Å². The van der Waals surface area contributed by atoms with E-state index in [4.69, 9.17) is 15.1 Å². The van der Waals surface area contributed by atoms with Crippen LogP contribution in [0.2, 0.25) is 0 Å². The molecule has 0 aliphatic carbocycles. The molecule has 0 aromatic heterocycles. The number of amides is 1. The summed E-state index contributed by atoms with van der Waals surface area (Å²) in [4.78, 5) is 23.0. The highest BCUT2D eigenvalue weighted by molar-refractivity contribution is 5.78. The molecule has 0 heterocycles. The zero-order chi connectivity index (χ0) is 11.8. The summed E-state index contributed by atoms with van der Waals surface area (Å²) in [5.74, 6) is -1.44. The number of rotatable bonds is 6. The summed E-state index contributed by atoms with van der Waals surface area (Å²) in [6.07, 6.45) is -0.755. The number of hydrogen-bond acceptors (Lipinski definition) is 4.